The van der Waals surface area contributed by atoms with Crippen molar-refractivity contribution in [2.75, 3.05) is 26.0 Å². The Morgan fingerprint density at radius 3 is 2.48 bits per heavy atom. The molecule has 122 valence electrons. The predicted molar refractivity (Wildman–Crippen MR) is 91.8 cm³/mol. The Hall–Kier alpha value is -2.34. The number of esters is 1. The first kappa shape index (κ1) is 17.0. The van der Waals surface area contributed by atoms with Crippen LogP contribution in [0.4, 0.5) is 5.69 Å². The molecule has 23 heavy (non-hydrogen) atoms. The molecule has 5 nitrogen and oxygen atoms in total. The second-order valence-electron chi connectivity index (χ2n) is 5.20. The van der Waals surface area contributed by atoms with Gasteiger partial charge in [-0.25, -0.2) is 0 Å². The molecule has 0 unspecified atom stereocenters. The van der Waals surface area contributed by atoms with Crippen molar-refractivity contribution in [3.63, 3.8) is 0 Å². The number of benzene rings is 1. The number of aryl methyl sites for hydroxylation is 1. The Kier molecular flexibility index (Phi) is 5.76. The second kappa shape index (κ2) is 7.78. The average molecular weight is 332 g/mol. The highest BCUT2D eigenvalue weighted by Gasteiger charge is 2.15. The Morgan fingerprint density at radius 1 is 1.22 bits per heavy atom. The number of carbonyl (C=O) groups excluding carboxylic acids is 2. The van der Waals surface area contributed by atoms with E-state index in [1.807, 2.05) is 12.1 Å². The van der Waals surface area contributed by atoms with E-state index in [0.29, 0.717) is 5.56 Å². The summed E-state index contributed by atoms with van der Waals surface area (Å²) < 4.78 is 4.56. The minimum Gasteiger partial charge on any atom is -0.468 e. The number of thiophene rings is 1. The fourth-order valence-electron chi connectivity index (χ4n) is 2.05. The number of anilines is 1. The zero-order valence-corrected chi connectivity index (χ0v) is 14.3. The number of hydrogen-bond acceptors (Lipinski definition) is 5. The minimum absolute atomic E-state index is 0.0625. The van der Waals surface area contributed by atoms with Crippen LogP contribution in [-0.4, -0.2) is 37.5 Å². The van der Waals surface area contributed by atoms with Gasteiger partial charge in [-0.3, -0.25) is 9.59 Å². The molecule has 6 heteroatoms. The molecule has 0 aliphatic carbocycles. The third-order valence-corrected chi connectivity index (χ3v) is 4.52. The van der Waals surface area contributed by atoms with Gasteiger partial charge in [0.05, 0.1) is 7.11 Å². The van der Waals surface area contributed by atoms with E-state index in [2.05, 4.69) is 28.4 Å². The number of rotatable bonds is 6. The summed E-state index contributed by atoms with van der Waals surface area (Å²) in [4.78, 5) is 26.0. The van der Waals surface area contributed by atoms with Crippen molar-refractivity contribution < 1.29 is 14.3 Å². The Morgan fingerprint density at radius 2 is 1.91 bits per heavy atom. The van der Waals surface area contributed by atoms with E-state index in [4.69, 9.17) is 0 Å². The van der Waals surface area contributed by atoms with Gasteiger partial charge in [-0.2, -0.15) is 0 Å². The van der Waals surface area contributed by atoms with Crippen molar-refractivity contribution in [1.82, 2.24) is 4.90 Å². The highest BCUT2D eigenvalue weighted by atomic mass is 32.1. The maximum atomic E-state index is 12.2. The number of ether oxygens (including phenoxy) is 1. The molecule has 1 aromatic carbocycles. The molecular formula is C17H20N2O3S. The van der Waals surface area contributed by atoms with E-state index in [0.717, 1.165) is 12.2 Å². The van der Waals surface area contributed by atoms with Gasteiger partial charge >= 0.3 is 5.97 Å². The van der Waals surface area contributed by atoms with Gasteiger partial charge in [-0.05, 0) is 48.2 Å². The first-order valence-electron chi connectivity index (χ1n) is 7.20. The van der Waals surface area contributed by atoms with Gasteiger partial charge in [0.1, 0.15) is 6.54 Å². The van der Waals surface area contributed by atoms with Gasteiger partial charge in [0.15, 0.2) is 0 Å². The number of nitrogens with zero attached hydrogens (tertiary/aromatic N) is 1. The Bertz CT molecular complexity index is 679. The molecular weight excluding hydrogens is 312 g/mol. The summed E-state index contributed by atoms with van der Waals surface area (Å²) in [5.41, 5.74) is 2.76. The topological polar surface area (TPSA) is 58.6 Å². The molecule has 0 bridgehead atoms. The highest BCUT2D eigenvalue weighted by molar-refractivity contribution is 7.10. The van der Waals surface area contributed by atoms with Crippen LogP contribution < -0.4 is 5.32 Å². The molecule has 2 rings (SSSR count). The molecule has 0 aliphatic rings. The molecule has 0 saturated carbocycles. The molecule has 0 radical (unpaired) electrons. The van der Waals surface area contributed by atoms with Gasteiger partial charge in [-0.15, -0.1) is 11.3 Å². The fraction of sp³-hybridized carbons (Fsp3) is 0.294. The van der Waals surface area contributed by atoms with Gasteiger partial charge in [0.25, 0.3) is 5.91 Å². The number of carbonyl (C=O) groups is 2. The van der Waals surface area contributed by atoms with Crippen LogP contribution in [0, 0.1) is 6.92 Å². The average Bonchev–Trinajstić information content (AvgIpc) is 2.97. The third kappa shape index (κ3) is 4.56. The van der Waals surface area contributed by atoms with Crippen molar-refractivity contribution in [3.8, 4) is 0 Å². The van der Waals surface area contributed by atoms with Crippen LogP contribution in [0.2, 0.25) is 0 Å². The number of nitrogens with one attached hydrogen (secondary N) is 1. The third-order valence-electron chi connectivity index (χ3n) is 3.49. The van der Waals surface area contributed by atoms with Crippen molar-refractivity contribution >= 4 is 28.9 Å². The zero-order chi connectivity index (χ0) is 16.8. The summed E-state index contributed by atoms with van der Waals surface area (Å²) in [7, 11) is 2.88. The molecule has 1 N–H and O–H groups in total. The Balaban J connectivity index is 1.94. The normalized spacial score (nSPS) is 10.2. The standard InChI is InChI=1S/C17H20N2O3S/c1-12-8-9-23-15(12)10-18-14-6-4-13(5-7-14)17(21)19(2)11-16(20)22-3/h4-9,18H,10-11H2,1-3H3. The van der Waals surface area contributed by atoms with E-state index < -0.39 is 5.97 Å². The summed E-state index contributed by atoms with van der Waals surface area (Å²) in [6, 6.07) is 9.32. The maximum absolute atomic E-state index is 12.2. The molecule has 0 saturated heterocycles. The summed E-state index contributed by atoms with van der Waals surface area (Å²) in [5, 5.41) is 5.41. The van der Waals surface area contributed by atoms with Crippen LogP contribution in [0.25, 0.3) is 0 Å². The summed E-state index contributed by atoms with van der Waals surface area (Å²) in [6.07, 6.45) is 0. The molecule has 1 aromatic heterocycles. The van der Waals surface area contributed by atoms with Crippen LogP contribution in [-0.2, 0) is 16.1 Å². The van der Waals surface area contributed by atoms with E-state index in [1.54, 1.807) is 30.5 Å². The first-order chi connectivity index (χ1) is 11.0. The molecule has 1 heterocycles. The van der Waals surface area contributed by atoms with E-state index in [-0.39, 0.29) is 12.5 Å². The molecule has 2 aromatic rings. The zero-order valence-electron chi connectivity index (χ0n) is 13.5. The summed E-state index contributed by atoms with van der Waals surface area (Å²) in [6.45, 7) is 2.79. The van der Waals surface area contributed by atoms with Crippen LogP contribution in [0.15, 0.2) is 35.7 Å². The lowest BCUT2D eigenvalue weighted by Crippen LogP contribution is -2.32. The van der Waals surface area contributed by atoms with E-state index in [1.165, 1.54) is 22.5 Å². The number of amides is 1. The van der Waals surface area contributed by atoms with Crippen LogP contribution in [0.3, 0.4) is 0 Å². The molecule has 0 spiro atoms. The Labute approximate surface area is 139 Å². The van der Waals surface area contributed by atoms with Crippen LogP contribution in [0.5, 0.6) is 0 Å². The first-order valence-corrected chi connectivity index (χ1v) is 8.08. The predicted octanol–water partition coefficient (Wildman–Crippen LogP) is 2.91. The van der Waals surface area contributed by atoms with Crippen molar-refractivity contribution in [2.45, 2.75) is 13.5 Å². The number of hydrogen-bond donors (Lipinski definition) is 1. The van der Waals surface area contributed by atoms with Gasteiger partial charge < -0.3 is 15.0 Å². The number of methoxy groups -OCH3 is 1. The lowest BCUT2D eigenvalue weighted by atomic mass is 10.2. The molecule has 0 aliphatic heterocycles. The van der Waals surface area contributed by atoms with E-state index in [9.17, 15) is 9.59 Å². The van der Waals surface area contributed by atoms with Gasteiger partial charge in [-0.1, -0.05) is 0 Å². The van der Waals surface area contributed by atoms with Crippen molar-refractivity contribution in [2.24, 2.45) is 0 Å². The maximum Gasteiger partial charge on any atom is 0.325 e. The van der Waals surface area contributed by atoms with Crippen LogP contribution >= 0.6 is 11.3 Å². The van der Waals surface area contributed by atoms with Crippen molar-refractivity contribution in [1.29, 1.82) is 0 Å². The largest absolute Gasteiger partial charge is 0.468 e. The number of likely N-dealkylation sites (N-methyl/N-ethyl adjacent to an activating group) is 1. The molecule has 0 fully saturated rings. The quantitative estimate of drug-likeness (QED) is 0.826. The summed E-state index contributed by atoms with van der Waals surface area (Å²) >= 11 is 1.72. The fourth-order valence-corrected chi connectivity index (χ4v) is 2.89. The minimum atomic E-state index is -0.439. The monoisotopic (exact) mass is 332 g/mol. The molecule has 1 amide bonds. The lowest BCUT2D eigenvalue weighted by molar-refractivity contribution is -0.141. The van der Waals surface area contributed by atoms with Gasteiger partial charge in [0, 0.05) is 29.7 Å². The van der Waals surface area contributed by atoms with Crippen LogP contribution in [0.1, 0.15) is 20.8 Å². The van der Waals surface area contributed by atoms with Crippen molar-refractivity contribution in [3.05, 3.63) is 51.7 Å². The van der Waals surface area contributed by atoms with E-state index >= 15 is 0 Å². The SMILES string of the molecule is COC(=O)CN(C)C(=O)c1ccc(NCc2sccc2C)cc1. The van der Waals surface area contributed by atoms with Gasteiger partial charge in [0.2, 0.25) is 0 Å². The highest BCUT2D eigenvalue weighted by Crippen LogP contribution is 2.18. The second-order valence-corrected chi connectivity index (χ2v) is 6.20. The summed E-state index contributed by atoms with van der Waals surface area (Å²) in [5.74, 6) is -0.651. The lowest BCUT2D eigenvalue weighted by Gasteiger charge is -2.16. The smallest absolute Gasteiger partial charge is 0.325 e. The molecule has 0 atom stereocenters.